The van der Waals surface area contributed by atoms with E-state index in [1.807, 2.05) is 0 Å². The van der Waals surface area contributed by atoms with Crippen LogP contribution < -0.4 is 0 Å². The van der Waals surface area contributed by atoms with Gasteiger partial charge in [-0.2, -0.15) is 0 Å². The molecule has 0 aliphatic rings. The molecule has 0 spiro atoms. The first-order valence-electron chi connectivity index (χ1n) is 2.43. The summed E-state index contributed by atoms with van der Waals surface area (Å²) in [5.74, 6) is 1.38. The van der Waals surface area contributed by atoms with Gasteiger partial charge >= 0.3 is 0 Å². The average Bonchev–Trinajstić information content (AvgIpc) is 1.98. The zero-order valence-corrected chi connectivity index (χ0v) is 5.11. The molecule has 4 heteroatoms. The van der Waals surface area contributed by atoms with Crippen LogP contribution in [0.25, 0.3) is 0 Å². The van der Waals surface area contributed by atoms with Gasteiger partial charge in [0.25, 0.3) is 0 Å². The second-order valence-corrected chi connectivity index (χ2v) is 1.26. The third-order valence-electron chi connectivity index (χ3n) is 0.593. The fraction of sp³-hybridized carbons (Fsp3) is 0. The highest BCUT2D eigenvalue weighted by molar-refractivity contribution is 6.13. The zero-order valence-electron chi connectivity index (χ0n) is 5.11. The van der Waals surface area contributed by atoms with Crippen molar-refractivity contribution in [3.8, 4) is 0 Å². The first-order valence-corrected chi connectivity index (χ1v) is 2.43. The maximum atomic E-state index is 9.61. The molecular weight excluding hydrogens is 132 g/mol. The van der Waals surface area contributed by atoms with Gasteiger partial charge < -0.3 is 5.11 Å². The Balaban J connectivity index is 3.88. The van der Waals surface area contributed by atoms with E-state index in [1.54, 1.807) is 5.87 Å². The normalized spacial score (nSPS) is 10.0. The minimum Gasteiger partial charge on any atom is -0.500 e. The van der Waals surface area contributed by atoms with E-state index in [0.717, 1.165) is 12.3 Å². The van der Waals surface area contributed by atoms with Crippen LogP contribution in [0, 0.1) is 5.41 Å². The summed E-state index contributed by atoms with van der Waals surface area (Å²) < 4.78 is 0. The summed E-state index contributed by atoms with van der Waals surface area (Å²) in [4.78, 5) is 13.0. The van der Waals surface area contributed by atoms with Crippen LogP contribution >= 0.6 is 0 Å². The minimum absolute atomic E-state index is 0.331. The van der Waals surface area contributed by atoms with Crippen molar-refractivity contribution in [2.45, 2.75) is 0 Å². The van der Waals surface area contributed by atoms with E-state index in [4.69, 9.17) is 10.5 Å². The lowest BCUT2D eigenvalue weighted by molar-refractivity contribution is -0.102. The number of aliphatic imine (C=N–C) groups is 1. The Kier molecular flexibility index (Phi) is 4.55. The number of aliphatic hydroxyl groups is 1. The summed E-state index contributed by atoms with van der Waals surface area (Å²) in [7, 11) is 0. The smallest absolute Gasteiger partial charge is 0.179 e. The van der Waals surface area contributed by atoms with Crippen molar-refractivity contribution in [1.29, 1.82) is 5.41 Å². The highest BCUT2D eigenvalue weighted by atomic mass is 16.3. The Morgan fingerprint density at radius 2 is 2.40 bits per heavy atom. The molecule has 0 aromatic heterocycles. The molecule has 0 rings (SSSR count). The van der Waals surface area contributed by atoms with Crippen LogP contribution in [0.1, 0.15) is 0 Å². The van der Waals surface area contributed by atoms with Gasteiger partial charge in [-0.15, -0.1) is 0 Å². The summed E-state index contributed by atoms with van der Waals surface area (Å²) in [6, 6.07) is 0. The number of carbonyl (C=O) groups is 1. The Bertz CT molecular complexity index is 212. The van der Waals surface area contributed by atoms with Crippen molar-refractivity contribution in [3.63, 3.8) is 0 Å². The molecule has 0 radical (unpaired) electrons. The van der Waals surface area contributed by atoms with E-state index in [-0.39, 0.29) is 5.76 Å². The topological polar surface area (TPSA) is 73.5 Å². The number of aliphatic hydroxyl groups excluding tert-OH is 1. The van der Waals surface area contributed by atoms with Crippen LogP contribution in [0.4, 0.5) is 0 Å². The Morgan fingerprint density at radius 1 is 1.70 bits per heavy atom. The van der Waals surface area contributed by atoms with Crippen molar-refractivity contribution in [2.75, 3.05) is 0 Å². The second kappa shape index (κ2) is 5.47. The predicted octanol–water partition coefficient (Wildman–Crippen LogP) is 0.460. The minimum atomic E-state index is -0.331. The van der Waals surface area contributed by atoms with Gasteiger partial charge in [0.2, 0.25) is 0 Å². The first-order chi connectivity index (χ1) is 4.81. The van der Waals surface area contributed by atoms with Crippen LogP contribution in [0.2, 0.25) is 0 Å². The van der Waals surface area contributed by atoms with Crippen LogP contribution in [-0.4, -0.2) is 23.5 Å². The Labute approximate surface area is 57.7 Å². The standard InChI is InChI=1S/C6H6N2O2/c7-5-6(10)1-2-8-3-4-9/h1-4,7,10H. The maximum Gasteiger partial charge on any atom is 0.179 e. The first kappa shape index (κ1) is 8.33. The summed E-state index contributed by atoms with van der Waals surface area (Å²) in [6.07, 6.45) is 3.86. The van der Waals surface area contributed by atoms with Gasteiger partial charge in [-0.3, -0.25) is 15.2 Å². The molecule has 0 aliphatic heterocycles. The van der Waals surface area contributed by atoms with E-state index >= 15 is 0 Å². The van der Waals surface area contributed by atoms with Crippen molar-refractivity contribution < 1.29 is 9.90 Å². The number of nitrogens with one attached hydrogen (secondary N) is 1. The third kappa shape index (κ3) is 4.49. The lowest BCUT2D eigenvalue weighted by atomic mass is 10.5. The highest BCUT2D eigenvalue weighted by Gasteiger charge is 1.76. The fourth-order valence-electron chi connectivity index (χ4n) is 0.240. The molecule has 2 N–H and O–H groups in total. The van der Waals surface area contributed by atoms with Gasteiger partial charge in [-0.25, -0.2) is 0 Å². The lowest BCUT2D eigenvalue weighted by Crippen LogP contribution is -1.72. The molecular formula is C6H6N2O2. The van der Waals surface area contributed by atoms with E-state index in [9.17, 15) is 4.79 Å². The Hall–Kier alpha value is -1.67. The molecule has 4 nitrogen and oxygen atoms in total. The number of rotatable bonds is 3. The van der Waals surface area contributed by atoms with Crippen molar-refractivity contribution in [2.24, 2.45) is 4.99 Å². The molecule has 10 heavy (non-hydrogen) atoms. The lowest BCUT2D eigenvalue weighted by Gasteiger charge is -1.77. The molecule has 0 saturated carbocycles. The van der Waals surface area contributed by atoms with Crippen LogP contribution in [0.15, 0.2) is 23.0 Å². The third-order valence-corrected chi connectivity index (χ3v) is 0.593. The molecule has 0 amide bonds. The van der Waals surface area contributed by atoms with E-state index < -0.39 is 0 Å². The maximum absolute atomic E-state index is 9.61. The van der Waals surface area contributed by atoms with Crippen molar-refractivity contribution in [3.05, 3.63) is 18.0 Å². The SMILES string of the molecule is N=C=C(O)C=CN=CC=O. The molecule has 52 valence electrons. The average molecular weight is 138 g/mol. The number of hydrogen-bond acceptors (Lipinski definition) is 4. The molecule has 0 aliphatic carbocycles. The summed E-state index contributed by atoms with van der Waals surface area (Å²) in [6.45, 7) is 0. The van der Waals surface area contributed by atoms with Crippen LogP contribution in [0.3, 0.4) is 0 Å². The van der Waals surface area contributed by atoms with Crippen LogP contribution in [-0.2, 0) is 4.79 Å². The van der Waals surface area contributed by atoms with E-state index in [0.29, 0.717) is 6.29 Å². The number of aldehydes is 1. The van der Waals surface area contributed by atoms with E-state index in [2.05, 4.69) is 4.99 Å². The van der Waals surface area contributed by atoms with Crippen molar-refractivity contribution >= 4 is 18.4 Å². The van der Waals surface area contributed by atoms with Gasteiger partial charge in [-0.1, -0.05) is 0 Å². The Morgan fingerprint density at radius 3 is 2.90 bits per heavy atom. The zero-order chi connectivity index (χ0) is 7.82. The molecule has 0 bridgehead atoms. The molecule has 0 atom stereocenters. The summed E-state index contributed by atoms with van der Waals surface area (Å²) in [5.41, 5.74) is 0. The van der Waals surface area contributed by atoms with Gasteiger partial charge in [0.05, 0.1) is 6.21 Å². The van der Waals surface area contributed by atoms with Gasteiger partial charge in [0.1, 0.15) is 0 Å². The number of carbonyl (C=O) groups excluding carboxylic acids is 1. The molecule has 0 aromatic carbocycles. The van der Waals surface area contributed by atoms with E-state index in [1.165, 1.54) is 6.20 Å². The summed E-state index contributed by atoms with van der Waals surface area (Å²) >= 11 is 0. The number of hydrogen-bond donors (Lipinski definition) is 2. The van der Waals surface area contributed by atoms with Gasteiger partial charge in [0, 0.05) is 18.1 Å². The predicted molar refractivity (Wildman–Crippen MR) is 37.6 cm³/mol. The summed E-state index contributed by atoms with van der Waals surface area (Å²) in [5, 5.41) is 14.9. The number of allylic oxidation sites excluding steroid dienone is 1. The van der Waals surface area contributed by atoms with Crippen LogP contribution in [0.5, 0.6) is 0 Å². The fourth-order valence-corrected chi connectivity index (χ4v) is 0.240. The van der Waals surface area contributed by atoms with Gasteiger partial charge in [-0.05, 0) is 0 Å². The molecule has 0 fully saturated rings. The monoisotopic (exact) mass is 138 g/mol. The van der Waals surface area contributed by atoms with Crippen molar-refractivity contribution in [1.82, 2.24) is 0 Å². The quantitative estimate of drug-likeness (QED) is 0.257. The molecule has 0 aromatic rings. The molecule has 0 saturated heterocycles. The number of nitrogens with zero attached hydrogens (tertiary/aromatic N) is 1. The highest BCUT2D eigenvalue weighted by Crippen LogP contribution is 1.82. The molecule has 0 unspecified atom stereocenters. The van der Waals surface area contributed by atoms with Gasteiger partial charge in [0.15, 0.2) is 12.0 Å². The molecule has 0 heterocycles. The largest absolute Gasteiger partial charge is 0.500 e. The second-order valence-electron chi connectivity index (χ2n) is 1.26.